The first-order valence-electron chi connectivity index (χ1n) is 5.59. The second-order valence-electron chi connectivity index (χ2n) is 3.87. The van der Waals surface area contributed by atoms with Crippen LogP contribution in [0.1, 0.15) is 5.56 Å². The molecule has 2 rings (SSSR count). The van der Waals surface area contributed by atoms with Gasteiger partial charge in [-0.15, -0.1) is 0 Å². The monoisotopic (exact) mass is 255 g/mol. The number of nitriles is 1. The van der Waals surface area contributed by atoms with Crippen LogP contribution in [0.3, 0.4) is 0 Å². The number of nitrogens with one attached hydrogen (secondary N) is 1. The van der Waals surface area contributed by atoms with E-state index in [9.17, 15) is 10.4 Å². The van der Waals surface area contributed by atoms with Crippen molar-refractivity contribution in [3.05, 3.63) is 42.0 Å². The lowest BCUT2D eigenvalue weighted by atomic mass is 10.1. The maximum absolute atomic E-state index is 9.82. The van der Waals surface area contributed by atoms with Gasteiger partial charge in [0.15, 0.2) is 11.5 Å². The number of para-hydroxylation sites is 1. The van der Waals surface area contributed by atoms with Crippen molar-refractivity contribution in [2.75, 3.05) is 18.2 Å². The maximum Gasteiger partial charge on any atom is 0.185 e. The van der Waals surface area contributed by atoms with E-state index in [1.807, 2.05) is 36.4 Å². The second kappa shape index (κ2) is 5.19. The maximum atomic E-state index is 9.82. The van der Waals surface area contributed by atoms with Crippen molar-refractivity contribution in [3.63, 3.8) is 0 Å². The Morgan fingerprint density at radius 2 is 2.00 bits per heavy atom. The Bertz CT molecular complexity index is 633. The SMILES string of the molecule is COc1c(O)cc(N)c(C#N)c1Nc1ccccc1. The topological polar surface area (TPSA) is 91.3 Å². The Balaban J connectivity index is 2.57. The Morgan fingerprint density at radius 3 is 2.58 bits per heavy atom. The van der Waals surface area contributed by atoms with Crippen LogP contribution >= 0.6 is 0 Å². The Hall–Kier alpha value is -2.87. The predicted octanol–water partition coefficient (Wildman–Crippen LogP) is 2.60. The van der Waals surface area contributed by atoms with E-state index in [0.717, 1.165) is 5.69 Å². The minimum Gasteiger partial charge on any atom is -0.504 e. The van der Waals surface area contributed by atoms with Crippen molar-refractivity contribution in [3.8, 4) is 17.6 Å². The number of ether oxygens (including phenoxy) is 1. The van der Waals surface area contributed by atoms with E-state index in [1.165, 1.54) is 13.2 Å². The van der Waals surface area contributed by atoms with Crippen LogP contribution in [0.2, 0.25) is 0 Å². The summed E-state index contributed by atoms with van der Waals surface area (Å²) in [5, 5.41) is 22.0. The van der Waals surface area contributed by atoms with Crippen LogP contribution in [0.25, 0.3) is 0 Å². The number of aromatic hydroxyl groups is 1. The van der Waals surface area contributed by atoms with E-state index in [-0.39, 0.29) is 22.7 Å². The zero-order valence-corrected chi connectivity index (χ0v) is 10.3. The summed E-state index contributed by atoms with van der Waals surface area (Å²) >= 11 is 0. The van der Waals surface area contributed by atoms with Crippen molar-refractivity contribution in [1.82, 2.24) is 0 Å². The zero-order valence-electron chi connectivity index (χ0n) is 10.3. The van der Waals surface area contributed by atoms with Gasteiger partial charge in [0.25, 0.3) is 0 Å². The molecule has 2 aromatic carbocycles. The Kier molecular flexibility index (Phi) is 3.44. The van der Waals surface area contributed by atoms with Gasteiger partial charge in [0.05, 0.1) is 12.8 Å². The molecule has 0 heterocycles. The van der Waals surface area contributed by atoms with Gasteiger partial charge in [-0.1, -0.05) is 18.2 Å². The molecule has 19 heavy (non-hydrogen) atoms. The van der Waals surface area contributed by atoms with Crippen molar-refractivity contribution in [2.24, 2.45) is 0 Å². The summed E-state index contributed by atoms with van der Waals surface area (Å²) in [7, 11) is 1.42. The fourth-order valence-electron chi connectivity index (χ4n) is 1.78. The van der Waals surface area contributed by atoms with Gasteiger partial charge in [0.1, 0.15) is 17.3 Å². The van der Waals surface area contributed by atoms with E-state index in [2.05, 4.69) is 5.32 Å². The molecule has 0 aliphatic rings. The molecular formula is C14H13N3O2. The number of anilines is 3. The van der Waals surface area contributed by atoms with Crippen LogP contribution in [0, 0.1) is 11.3 Å². The Labute approximate surface area is 110 Å². The number of nitrogen functional groups attached to an aromatic ring is 1. The molecule has 0 spiro atoms. The van der Waals surface area contributed by atoms with E-state index in [0.29, 0.717) is 5.69 Å². The van der Waals surface area contributed by atoms with Gasteiger partial charge in [0, 0.05) is 11.8 Å². The first-order valence-corrected chi connectivity index (χ1v) is 5.59. The normalized spacial score (nSPS) is 9.68. The first-order chi connectivity index (χ1) is 9.17. The van der Waals surface area contributed by atoms with Gasteiger partial charge in [0.2, 0.25) is 0 Å². The molecule has 0 bridgehead atoms. The van der Waals surface area contributed by atoms with Gasteiger partial charge < -0.3 is 20.9 Å². The van der Waals surface area contributed by atoms with Gasteiger partial charge in [-0.2, -0.15) is 5.26 Å². The molecule has 5 heteroatoms. The molecule has 0 saturated heterocycles. The smallest absolute Gasteiger partial charge is 0.185 e. The standard InChI is InChI=1S/C14H13N3O2/c1-19-14-12(18)7-11(16)10(8-15)13(14)17-9-5-3-2-4-6-9/h2-7,17-18H,16H2,1H3. The van der Waals surface area contributed by atoms with Crippen LogP contribution in [0.4, 0.5) is 17.1 Å². The summed E-state index contributed by atoms with van der Waals surface area (Å²) in [5.41, 5.74) is 7.28. The van der Waals surface area contributed by atoms with Gasteiger partial charge >= 0.3 is 0 Å². The summed E-state index contributed by atoms with van der Waals surface area (Å²) < 4.78 is 5.13. The van der Waals surface area contributed by atoms with E-state index < -0.39 is 0 Å². The lowest BCUT2D eigenvalue weighted by Gasteiger charge is -2.15. The number of hydrogen-bond donors (Lipinski definition) is 3. The average Bonchev–Trinajstić information content (AvgIpc) is 2.40. The molecule has 0 unspecified atom stereocenters. The third-order valence-electron chi connectivity index (χ3n) is 2.65. The van der Waals surface area contributed by atoms with Crippen LogP contribution in [0.5, 0.6) is 11.5 Å². The number of phenols is 1. The molecule has 0 fully saturated rings. The third kappa shape index (κ3) is 2.38. The molecule has 4 N–H and O–H groups in total. The zero-order chi connectivity index (χ0) is 13.8. The van der Waals surface area contributed by atoms with Gasteiger partial charge in [-0.3, -0.25) is 0 Å². The first kappa shape index (κ1) is 12.6. The van der Waals surface area contributed by atoms with Gasteiger partial charge in [-0.05, 0) is 12.1 Å². The molecule has 0 atom stereocenters. The molecule has 0 saturated carbocycles. The highest BCUT2D eigenvalue weighted by Crippen LogP contribution is 2.41. The fraction of sp³-hybridized carbons (Fsp3) is 0.0714. The molecule has 5 nitrogen and oxygen atoms in total. The molecule has 2 aromatic rings. The summed E-state index contributed by atoms with van der Waals surface area (Å²) in [5.74, 6) is 0.0760. The van der Waals surface area contributed by atoms with E-state index in [1.54, 1.807) is 0 Å². The predicted molar refractivity (Wildman–Crippen MR) is 73.5 cm³/mol. The fourth-order valence-corrected chi connectivity index (χ4v) is 1.78. The van der Waals surface area contributed by atoms with Crippen molar-refractivity contribution in [2.45, 2.75) is 0 Å². The Morgan fingerprint density at radius 1 is 1.32 bits per heavy atom. The largest absolute Gasteiger partial charge is 0.504 e. The number of rotatable bonds is 3. The summed E-state index contributed by atoms with van der Waals surface area (Å²) in [6.45, 7) is 0. The number of benzene rings is 2. The molecule has 0 aliphatic carbocycles. The van der Waals surface area contributed by atoms with Gasteiger partial charge in [-0.25, -0.2) is 0 Å². The average molecular weight is 255 g/mol. The quantitative estimate of drug-likeness (QED) is 0.733. The highest BCUT2D eigenvalue weighted by Gasteiger charge is 2.17. The molecule has 96 valence electrons. The van der Waals surface area contributed by atoms with Crippen LogP contribution < -0.4 is 15.8 Å². The van der Waals surface area contributed by atoms with E-state index >= 15 is 0 Å². The third-order valence-corrected chi connectivity index (χ3v) is 2.65. The molecular weight excluding hydrogens is 242 g/mol. The number of nitrogens with two attached hydrogens (primary N) is 1. The molecule has 0 amide bonds. The van der Waals surface area contributed by atoms with Crippen molar-refractivity contribution < 1.29 is 9.84 Å². The van der Waals surface area contributed by atoms with E-state index in [4.69, 9.17) is 10.5 Å². The second-order valence-corrected chi connectivity index (χ2v) is 3.87. The van der Waals surface area contributed by atoms with Crippen molar-refractivity contribution >= 4 is 17.1 Å². The van der Waals surface area contributed by atoms with Crippen LogP contribution in [-0.4, -0.2) is 12.2 Å². The summed E-state index contributed by atoms with van der Waals surface area (Å²) in [6.07, 6.45) is 0. The lowest BCUT2D eigenvalue weighted by molar-refractivity contribution is 0.375. The minimum atomic E-state index is -0.113. The summed E-state index contributed by atoms with van der Waals surface area (Å²) in [4.78, 5) is 0. The number of methoxy groups -OCH3 is 1. The highest BCUT2D eigenvalue weighted by atomic mass is 16.5. The number of hydrogen-bond acceptors (Lipinski definition) is 5. The van der Waals surface area contributed by atoms with Crippen LogP contribution in [-0.2, 0) is 0 Å². The van der Waals surface area contributed by atoms with Crippen molar-refractivity contribution in [1.29, 1.82) is 5.26 Å². The molecule has 0 aliphatic heterocycles. The molecule has 0 radical (unpaired) electrons. The number of nitrogens with zero attached hydrogens (tertiary/aromatic N) is 1. The summed E-state index contributed by atoms with van der Waals surface area (Å²) in [6, 6.07) is 12.6. The highest BCUT2D eigenvalue weighted by molar-refractivity contribution is 5.82. The lowest BCUT2D eigenvalue weighted by Crippen LogP contribution is -2.01. The van der Waals surface area contributed by atoms with Crippen LogP contribution in [0.15, 0.2) is 36.4 Å². The number of phenolic OH excluding ortho intramolecular Hbond substituents is 1. The minimum absolute atomic E-state index is 0.113. The molecule has 0 aromatic heterocycles.